The highest BCUT2D eigenvalue weighted by Crippen LogP contribution is 2.37. The SMILES string of the molecule is N#Cc1ccc(-c2ccc(C#N)c(C(F)(F)F)c2)c([N+](=O)[O-])c1. The molecule has 0 radical (unpaired) electrons. The van der Waals surface area contributed by atoms with Gasteiger partial charge in [0.1, 0.15) is 0 Å². The number of rotatable bonds is 2. The summed E-state index contributed by atoms with van der Waals surface area (Å²) in [6, 6.07) is 9.47. The maximum absolute atomic E-state index is 13.0. The molecule has 0 aliphatic carbocycles. The lowest BCUT2D eigenvalue weighted by Gasteiger charge is -2.11. The fraction of sp³-hybridized carbons (Fsp3) is 0.0667. The molecule has 0 fully saturated rings. The number of hydrogen-bond acceptors (Lipinski definition) is 4. The van der Waals surface area contributed by atoms with Gasteiger partial charge in [-0.15, -0.1) is 0 Å². The Kier molecular flexibility index (Phi) is 4.02. The molecule has 0 aliphatic rings. The summed E-state index contributed by atoms with van der Waals surface area (Å²) < 4.78 is 38.9. The van der Waals surface area contributed by atoms with E-state index in [0.29, 0.717) is 6.07 Å². The second kappa shape index (κ2) is 5.78. The lowest BCUT2D eigenvalue weighted by atomic mass is 9.97. The van der Waals surface area contributed by atoms with Crippen molar-refractivity contribution in [2.75, 3.05) is 0 Å². The monoisotopic (exact) mass is 317 g/mol. The summed E-state index contributed by atoms with van der Waals surface area (Å²) in [5, 5.41) is 28.6. The van der Waals surface area contributed by atoms with Crippen molar-refractivity contribution in [2.45, 2.75) is 6.18 Å². The van der Waals surface area contributed by atoms with Crippen molar-refractivity contribution >= 4 is 5.69 Å². The van der Waals surface area contributed by atoms with Crippen LogP contribution in [0.2, 0.25) is 0 Å². The Morgan fingerprint density at radius 2 is 1.74 bits per heavy atom. The third-order valence-corrected chi connectivity index (χ3v) is 3.08. The van der Waals surface area contributed by atoms with Gasteiger partial charge in [0.2, 0.25) is 0 Å². The Morgan fingerprint density at radius 3 is 2.26 bits per heavy atom. The minimum atomic E-state index is -4.76. The van der Waals surface area contributed by atoms with E-state index in [9.17, 15) is 23.3 Å². The van der Waals surface area contributed by atoms with Crippen LogP contribution in [0.3, 0.4) is 0 Å². The molecule has 2 rings (SSSR count). The lowest BCUT2D eigenvalue weighted by molar-refractivity contribution is -0.384. The number of nitro benzene ring substituents is 1. The Bertz CT molecular complexity index is 877. The molecule has 0 spiro atoms. The average Bonchev–Trinajstić information content (AvgIpc) is 2.52. The molecular formula is C15H6F3N3O2. The Balaban J connectivity index is 2.72. The van der Waals surface area contributed by atoms with Gasteiger partial charge in [0.25, 0.3) is 5.69 Å². The summed E-state index contributed by atoms with van der Waals surface area (Å²) >= 11 is 0. The molecular weight excluding hydrogens is 311 g/mol. The molecule has 23 heavy (non-hydrogen) atoms. The number of halogens is 3. The second-order valence-corrected chi connectivity index (χ2v) is 4.47. The van der Waals surface area contributed by atoms with Crippen molar-refractivity contribution in [3.8, 4) is 23.3 Å². The largest absolute Gasteiger partial charge is 0.417 e. The van der Waals surface area contributed by atoms with E-state index < -0.39 is 27.9 Å². The van der Waals surface area contributed by atoms with Crippen LogP contribution in [-0.4, -0.2) is 4.92 Å². The lowest BCUT2D eigenvalue weighted by Crippen LogP contribution is -2.08. The van der Waals surface area contributed by atoms with Crippen LogP contribution in [0.15, 0.2) is 36.4 Å². The summed E-state index contributed by atoms with van der Waals surface area (Å²) in [6.07, 6.45) is -4.76. The predicted molar refractivity (Wildman–Crippen MR) is 73.0 cm³/mol. The van der Waals surface area contributed by atoms with Gasteiger partial charge in [-0.1, -0.05) is 6.07 Å². The number of benzene rings is 2. The third kappa shape index (κ3) is 3.11. The van der Waals surface area contributed by atoms with Crippen molar-refractivity contribution < 1.29 is 18.1 Å². The molecule has 0 aliphatic heterocycles. The molecule has 2 aromatic rings. The van der Waals surface area contributed by atoms with Crippen molar-refractivity contribution in [1.29, 1.82) is 10.5 Å². The van der Waals surface area contributed by atoms with E-state index in [4.69, 9.17) is 10.5 Å². The number of nitro groups is 1. The zero-order chi connectivity index (χ0) is 17.2. The van der Waals surface area contributed by atoms with Crippen LogP contribution in [0.5, 0.6) is 0 Å². The molecule has 0 N–H and O–H groups in total. The highest BCUT2D eigenvalue weighted by atomic mass is 19.4. The second-order valence-electron chi connectivity index (χ2n) is 4.47. The van der Waals surface area contributed by atoms with Gasteiger partial charge in [-0.25, -0.2) is 0 Å². The minimum Gasteiger partial charge on any atom is -0.258 e. The van der Waals surface area contributed by atoms with Gasteiger partial charge < -0.3 is 0 Å². The summed E-state index contributed by atoms with van der Waals surface area (Å²) in [5.41, 5.74) is -2.34. The van der Waals surface area contributed by atoms with Crippen LogP contribution in [0, 0.1) is 32.8 Å². The fourth-order valence-corrected chi connectivity index (χ4v) is 2.04. The van der Waals surface area contributed by atoms with E-state index in [1.54, 1.807) is 6.07 Å². The predicted octanol–water partition coefficient (Wildman–Crippen LogP) is 4.02. The van der Waals surface area contributed by atoms with Crippen molar-refractivity contribution in [3.63, 3.8) is 0 Å². The zero-order valence-electron chi connectivity index (χ0n) is 11.3. The Labute approximate surface area is 128 Å². The maximum atomic E-state index is 13.0. The molecule has 8 heteroatoms. The molecule has 114 valence electrons. The summed E-state index contributed by atoms with van der Waals surface area (Å²) in [5.74, 6) is 0. The van der Waals surface area contributed by atoms with E-state index in [-0.39, 0.29) is 16.7 Å². The van der Waals surface area contributed by atoms with Crippen LogP contribution in [0.4, 0.5) is 18.9 Å². The first kappa shape index (κ1) is 16.0. The first-order valence-electron chi connectivity index (χ1n) is 6.08. The van der Waals surface area contributed by atoms with Gasteiger partial charge in [-0.3, -0.25) is 10.1 Å². The fourth-order valence-electron chi connectivity index (χ4n) is 2.04. The van der Waals surface area contributed by atoms with E-state index >= 15 is 0 Å². The van der Waals surface area contributed by atoms with Crippen molar-refractivity contribution in [1.82, 2.24) is 0 Å². The quantitative estimate of drug-likeness (QED) is 0.617. The summed E-state index contributed by atoms with van der Waals surface area (Å²) in [4.78, 5) is 10.3. The standard InChI is InChI=1S/C15H6F3N3O2/c16-15(17,18)13-6-10(2-3-11(13)8-20)12-4-1-9(7-19)5-14(12)21(22)23/h1-6H. The molecule has 0 saturated carbocycles. The van der Waals surface area contributed by atoms with Gasteiger partial charge in [0.05, 0.1) is 39.3 Å². The topological polar surface area (TPSA) is 90.7 Å². The van der Waals surface area contributed by atoms with Gasteiger partial charge in [0, 0.05) is 6.07 Å². The molecule has 0 saturated heterocycles. The molecule has 0 amide bonds. The smallest absolute Gasteiger partial charge is 0.258 e. The van der Waals surface area contributed by atoms with Crippen LogP contribution in [0.1, 0.15) is 16.7 Å². The highest BCUT2D eigenvalue weighted by Gasteiger charge is 2.34. The summed E-state index contributed by atoms with van der Waals surface area (Å²) in [6.45, 7) is 0. The van der Waals surface area contributed by atoms with E-state index in [2.05, 4.69) is 0 Å². The van der Waals surface area contributed by atoms with Crippen LogP contribution in [0.25, 0.3) is 11.1 Å². The summed E-state index contributed by atoms with van der Waals surface area (Å²) in [7, 11) is 0. The zero-order valence-corrected chi connectivity index (χ0v) is 11.3. The molecule has 0 heterocycles. The molecule has 0 atom stereocenters. The highest BCUT2D eigenvalue weighted by molar-refractivity contribution is 5.76. The number of hydrogen-bond donors (Lipinski definition) is 0. The third-order valence-electron chi connectivity index (χ3n) is 3.08. The van der Waals surface area contributed by atoms with Crippen molar-refractivity contribution in [2.24, 2.45) is 0 Å². The van der Waals surface area contributed by atoms with E-state index in [1.165, 1.54) is 24.3 Å². The van der Waals surface area contributed by atoms with Crippen molar-refractivity contribution in [3.05, 3.63) is 63.2 Å². The normalized spacial score (nSPS) is 10.7. The van der Waals surface area contributed by atoms with E-state index in [1.807, 2.05) is 0 Å². The maximum Gasteiger partial charge on any atom is 0.417 e. The van der Waals surface area contributed by atoms with Crippen LogP contribution < -0.4 is 0 Å². The molecule has 0 aromatic heterocycles. The number of nitrogens with zero attached hydrogens (tertiary/aromatic N) is 3. The first-order chi connectivity index (χ1) is 10.8. The van der Waals surface area contributed by atoms with Crippen LogP contribution in [-0.2, 0) is 6.18 Å². The average molecular weight is 317 g/mol. The minimum absolute atomic E-state index is 0.0186. The van der Waals surface area contributed by atoms with Gasteiger partial charge >= 0.3 is 6.18 Å². The molecule has 5 nitrogen and oxygen atoms in total. The molecule has 0 unspecified atom stereocenters. The van der Waals surface area contributed by atoms with Gasteiger partial charge in [-0.05, 0) is 29.8 Å². The molecule has 2 aromatic carbocycles. The Hall–Kier alpha value is -3.39. The first-order valence-corrected chi connectivity index (χ1v) is 6.08. The Morgan fingerprint density at radius 1 is 1.04 bits per heavy atom. The van der Waals surface area contributed by atoms with Gasteiger partial charge in [0.15, 0.2) is 0 Å². The van der Waals surface area contributed by atoms with Gasteiger partial charge in [-0.2, -0.15) is 23.7 Å². The van der Waals surface area contributed by atoms with E-state index in [0.717, 1.165) is 12.1 Å². The number of alkyl halides is 3. The van der Waals surface area contributed by atoms with Crippen LogP contribution >= 0.6 is 0 Å². The molecule has 0 bridgehead atoms. The number of nitriles is 2.